The summed E-state index contributed by atoms with van der Waals surface area (Å²) in [6, 6.07) is 8.61. The van der Waals surface area contributed by atoms with Crippen molar-refractivity contribution >= 4 is 11.4 Å². The number of hydrogen-bond acceptors (Lipinski definition) is 4. The van der Waals surface area contributed by atoms with Gasteiger partial charge in [-0.05, 0) is 38.8 Å². The van der Waals surface area contributed by atoms with Crippen molar-refractivity contribution in [1.82, 2.24) is 0 Å². The number of nitrogen functional groups attached to an aromatic ring is 1. The molecule has 0 atom stereocenters. The molecule has 4 nitrogen and oxygen atoms in total. The summed E-state index contributed by atoms with van der Waals surface area (Å²) >= 11 is 0. The molecular formula is C15H21N3O. The summed E-state index contributed by atoms with van der Waals surface area (Å²) < 4.78 is 5.72. The zero-order valence-electron chi connectivity index (χ0n) is 11.6. The van der Waals surface area contributed by atoms with E-state index >= 15 is 0 Å². The van der Waals surface area contributed by atoms with Gasteiger partial charge in [-0.2, -0.15) is 5.26 Å². The highest BCUT2D eigenvalue weighted by molar-refractivity contribution is 5.74. The van der Waals surface area contributed by atoms with E-state index in [1.54, 1.807) is 0 Å². The van der Waals surface area contributed by atoms with Crippen LogP contribution in [0.3, 0.4) is 0 Å². The molecule has 1 aliphatic carbocycles. The van der Waals surface area contributed by atoms with Crippen LogP contribution in [0, 0.1) is 11.3 Å². The highest BCUT2D eigenvalue weighted by atomic mass is 16.5. The Hall–Kier alpha value is -1.89. The van der Waals surface area contributed by atoms with Crippen LogP contribution in [0.15, 0.2) is 18.2 Å². The average Bonchev–Trinajstić information content (AvgIpc) is 3.18. The number of anilines is 2. The van der Waals surface area contributed by atoms with Gasteiger partial charge >= 0.3 is 0 Å². The van der Waals surface area contributed by atoms with Crippen LogP contribution in [0.5, 0.6) is 5.75 Å². The van der Waals surface area contributed by atoms with Gasteiger partial charge in [0, 0.05) is 12.6 Å². The van der Waals surface area contributed by atoms with Gasteiger partial charge in [0.05, 0.1) is 30.0 Å². The lowest BCUT2D eigenvalue weighted by atomic mass is 10.2. The van der Waals surface area contributed by atoms with Crippen molar-refractivity contribution in [1.29, 1.82) is 5.26 Å². The molecule has 4 heteroatoms. The van der Waals surface area contributed by atoms with Gasteiger partial charge in [0.1, 0.15) is 5.75 Å². The van der Waals surface area contributed by atoms with Crippen LogP contribution < -0.4 is 15.4 Å². The Morgan fingerprint density at radius 1 is 1.47 bits per heavy atom. The summed E-state index contributed by atoms with van der Waals surface area (Å²) in [6.45, 7) is 4.71. The van der Waals surface area contributed by atoms with Gasteiger partial charge in [0.25, 0.3) is 0 Å². The van der Waals surface area contributed by atoms with Crippen molar-refractivity contribution in [2.24, 2.45) is 0 Å². The number of nitriles is 1. The normalized spacial score (nSPS) is 14.2. The Bertz CT molecular complexity index is 475. The second-order valence-corrected chi connectivity index (χ2v) is 5.19. The molecule has 102 valence electrons. The number of para-hydroxylation sites is 1. The highest BCUT2D eigenvalue weighted by Crippen LogP contribution is 2.38. The first-order valence-corrected chi connectivity index (χ1v) is 6.82. The molecule has 19 heavy (non-hydrogen) atoms. The molecule has 0 spiro atoms. The monoisotopic (exact) mass is 259 g/mol. The number of benzene rings is 1. The molecule has 1 saturated carbocycles. The Morgan fingerprint density at radius 3 is 2.79 bits per heavy atom. The molecule has 2 N–H and O–H groups in total. The van der Waals surface area contributed by atoms with Gasteiger partial charge in [-0.15, -0.1) is 0 Å². The molecule has 2 rings (SSSR count). The molecule has 1 aromatic rings. The number of nitrogens with zero attached hydrogens (tertiary/aromatic N) is 2. The van der Waals surface area contributed by atoms with Crippen molar-refractivity contribution < 1.29 is 4.74 Å². The highest BCUT2D eigenvalue weighted by Gasteiger charge is 2.30. The summed E-state index contributed by atoms with van der Waals surface area (Å²) in [5.41, 5.74) is 7.90. The summed E-state index contributed by atoms with van der Waals surface area (Å²) in [4.78, 5) is 2.24. The maximum atomic E-state index is 8.77. The fourth-order valence-electron chi connectivity index (χ4n) is 2.20. The van der Waals surface area contributed by atoms with Gasteiger partial charge in [0.2, 0.25) is 0 Å². The number of ether oxygens (including phenoxy) is 1. The van der Waals surface area contributed by atoms with E-state index in [1.165, 1.54) is 12.8 Å². The second-order valence-electron chi connectivity index (χ2n) is 5.19. The summed E-state index contributed by atoms with van der Waals surface area (Å²) in [5, 5.41) is 8.77. The molecule has 0 heterocycles. The van der Waals surface area contributed by atoms with Crippen LogP contribution in [0.25, 0.3) is 0 Å². The minimum absolute atomic E-state index is 0.103. The van der Waals surface area contributed by atoms with Gasteiger partial charge in [-0.3, -0.25) is 0 Å². The fraction of sp³-hybridized carbons (Fsp3) is 0.533. The predicted molar refractivity (Wildman–Crippen MR) is 77.2 cm³/mol. The SMILES string of the molecule is CC(C)Oc1cccc(N(CCC#N)C2CC2)c1N. The Balaban J connectivity index is 2.24. The first-order chi connectivity index (χ1) is 9.13. The number of rotatable bonds is 6. The summed E-state index contributed by atoms with van der Waals surface area (Å²) in [5.74, 6) is 0.732. The first kappa shape index (κ1) is 13.5. The van der Waals surface area contributed by atoms with Crippen molar-refractivity contribution in [2.45, 2.75) is 45.3 Å². The molecule has 0 aliphatic heterocycles. The molecule has 0 bridgehead atoms. The number of nitrogens with two attached hydrogens (primary N) is 1. The fourth-order valence-corrected chi connectivity index (χ4v) is 2.20. The molecule has 1 aromatic carbocycles. The lowest BCUT2D eigenvalue weighted by molar-refractivity contribution is 0.244. The van der Waals surface area contributed by atoms with Crippen LogP contribution in [0.2, 0.25) is 0 Å². The van der Waals surface area contributed by atoms with Crippen LogP contribution in [0.1, 0.15) is 33.1 Å². The topological polar surface area (TPSA) is 62.3 Å². The maximum Gasteiger partial charge on any atom is 0.144 e. The van der Waals surface area contributed by atoms with Crippen LogP contribution in [-0.2, 0) is 0 Å². The Labute approximate surface area is 114 Å². The second kappa shape index (κ2) is 5.83. The van der Waals surface area contributed by atoms with Gasteiger partial charge in [-0.25, -0.2) is 0 Å². The van der Waals surface area contributed by atoms with Crippen LogP contribution >= 0.6 is 0 Å². The summed E-state index contributed by atoms with van der Waals surface area (Å²) in [6.07, 6.45) is 2.98. The summed E-state index contributed by atoms with van der Waals surface area (Å²) in [7, 11) is 0. The largest absolute Gasteiger partial charge is 0.489 e. The molecule has 0 saturated heterocycles. The lowest BCUT2D eigenvalue weighted by Gasteiger charge is -2.26. The van der Waals surface area contributed by atoms with Crippen LogP contribution in [0.4, 0.5) is 11.4 Å². The average molecular weight is 259 g/mol. The van der Waals surface area contributed by atoms with E-state index in [0.717, 1.165) is 18.0 Å². The van der Waals surface area contributed by atoms with Crippen molar-refractivity contribution in [2.75, 3.05) is 17.2 Å². The molecule has 0 aromatic heterocycles. The minimum atomic E-state index is 0.103. The molecular weight excluding hydrogens is 238 g/mol. The van der Waals surface area contributed by atoms with E-state index in [-0.39, 0.29) is 6.10 Å². The quantitative estimate of drug-likeness (QED) is 0.798. The molecule has 0 radical (unpaired) electrons. The van der Waals surface area contributed by atoms with Crippen molar-refractivity contribution in [3.8, 4) is 11.8 Å². The molecule has 0 unspecified atom stereocenters. The van der Waals surface area contributed by atoms with Crippen LogP contribution in [-0.4, -0.2) is 18.7 Å². The lowest BCUT2D eigenvalue weighted by Crippen LogP contribution is -2.27. The zero-order valence-corrected chi connectivity index (χ0v) is 11.6. The van der Waals surface area contributed by atoms with E-state index in [2.05, 4.69) is 11.0 Å². The molecule has 1 fully saturated rings. The molecule has 1 aliphatic rings. The van der Waals surface area contributed by atoms with Gasteiger partial charge < -0.3 is 15.4 Å². The smallest absolute Gasteiger partial charge is 0.144 e. The third kappa shape index (κ3) is 3.31. The van der Waals surface area contributed by atoms with E-state index in [1.807, 2.05) is 32.0 Å². The third-order valence-electron chi connectivity index (χ3n) is 3.17. The Morgan fingerprint density at radius 2 is 2.21 bits per heavy atom. The Kier molecular flexibility index (Phi) is 4.16. The van der Waals surface area contributed by atoms with Gasteiger partial charge in [0.15, 0.2) is 0 Å². The zero-order chi connectivity index (χ0) is 13.8. The standard InChI is InChI=1S/C15H21N3O/c1-11(2)19-14-6-3-5-13(15(14)17)18(10-4-9-16)12-7-8-12/h3,5-6,11-12H,4,7-8,10,17H2,1-2H3. The number of hydrogen-bond donors (Lipinski definition) is 1. The van der Waals surface area contributed by atoms with E-state index in [9.17, 15) is 0 Å². The minimum Gasteiger partial charge on any atom is -0.489 e. The van der Waals surface area contributed by atoms with E-state index in [0.29, 0.717) is 18.2 Å². The van der Waals surface area contributed by atoms with E-state index < -0.39 is 0 Å². The van der Waals surface area contributed by atoms with E-state index in [4.69, 9.17) is 15.7 Å². The molecule has 0 amide bonds. The van der Waals surface area contributed by atoms with Gasteiger partial charge in [-0.1, -0.05) is 6.07 Å². The van der Waals surface area contributed by atoms with Crippen molar-refractivity contribution in [3.05, 3.63) is 18.2 Å². The predicted octanol–water partition coefficient (Wildman–Crippen LogP) is 2.94. The first-order valence-electron chi connectivity index (χ1n) is 6.82. The van der Waals surface area contributed by atoms with Crippen molar-refractivity contribution in [3.63, 3.8) is 0 Å². The third-order valence-corrected chi connectivity index (χ3v) is 3.17. The maximum absolute atomic E-state index is 8.77.